The van der Waals surface area contributed by atoms with Gasteiger partial charge < -0.3 is 5.32 Å². The van der Waals surface area contributed by atoms with Gasteiger partial charge in [-0.2, -0.15) is 0 Å². The standard InChI is InChI=1S/C22H19N3O2S/c26-20-22(12-6-10-15-7-4-5-11-18(15)22)24-21(27)25(20)13-17-14-28-19(23-17)16-8-2-1-3-9-16/h1-5,7-9,11,14H,6,10,12-13H2,(H,24,27). The van der Waals surface area contributed by atoms with Gasteiger partial charge in [0.2, 0.25) is 0 Å². The number of imide groups is 1. The van der Waals surface area contributed by atoms with Crippen molar-refractivity contribution in [2.75, 3.05) is 0 Å². The van der Waals surface area contributed by atoms with Crippen LogP contribution in [0.1, 0.15) is 29.7 Å². The van der Waals surface area contributed by atoms with Crippen molar-refractivity contribution in [2.24, 2.45) is 0 Å². The van der Waals surface area contributed by atoms with Crippen molar-refractivity contribution in [3.63, 3.8) is 0 Å². The van der Waals surface area contributed by atoms with E-state index in [2.05, 4.69) is 10.3 Å². The highest BCUT2D eigenvalue weighted by Gasteiger charge is 2.53. The lowest BCUT2D eigenvalue weighted by Crippen LogP contribution is -2.46. The summed E-state index contributed by atoms with van der Waals surface area (Å²) in [7, 11) is 0. The van der Waals surface area contributed by atoms with E-state index in [1.54, 1.807) is 0 Å². The van der Waals surface area contributed by atoms with Crippen molar-refractivity contribution in [1.82, 2.24) is 15.2 Å². The molecule has 0 saturated carbocycles. The van der Waals surface area contributed by atoms with Crippen LogP contribution < -0.4 is 5.32 Å². The van der Waals surface area contributed by atoms with Gasteiger partial charge in [-0.1, -0.05) is 54.6 Å². The molecule has 1 spiro atoms. The fourth-order valence-corrected chi connectivity index (χ4v) is 5.03. The van der Waals surface area contributed by atoms with E-state index in [0.29, 0.717) is 6.42 Å². The highest BCUT2D eigenvalue weighted by molar-refractivity contribution is 7.13. The van der Waals surface area contributed by atoms with Crippen LogP contribution in [0.25, 0.3) is 10.6 Å². The average Bonchev–Trinajstić information content (AvgIpc) is 3.29. The Balaban J connectivity index is 1.43. The Labute approximate surface area is 167 Å². The van der Waals surface area contributed by atoms with Crippen molar-refractivity contribution < 1.29 is 9.59 Å². The van der Waals surface area contributed by atoms with Gasteiger partial charge in [-0.15, -0.1) is 11.3 Å². The van der Waals surface area contributed by atoms with Gasteiger partial charge in [0, 0.05) is 10.9 Å². The Morgan fingerprint density at radius 2 is 1.86 bits per heavy atom. The van der Waals surface area contributed by atoms with E-state index >= 15 is 0 Å². The third-order valence-corrected chi connectivity index (χ3v) is 6.48. The second-order valence-electron chi connectivity index (χ2n) is 7.25. The molecular formula is C22H19N3O2S. The number of hydrogen-bond acceptors (Lipinski definition) is 4. The lowest BCUT2D eigenvalue weighted by molar-refractivity contribution is -0.132. The predicted molar refractivity (Wildman–Crippen MR) is 108 cm³/mol. The first-order valence-electron chi connectivity index (χ1n) is 9.40. The van der Waals surface area contributed by atoms with E-state index in [1.165, 1.54) is 16.2 Å². The number of amides is 3. The van der Waals surface area contributed by atoms with Crippen LogP contribution in [0.2, 0.25) is 0 Å². The SMILES string of the molecule is O=C1NC2(CCCc3ccccc32)C(=O)N1Cc1csc(-c2ccccc2)n1. The number of fused-ring (bicyclic) bond motifs is 2. The number of benzene rings is 2. The summed E-state index contributed by atoms with van der Waals surface area (Å²) < 4.78 is 0. The smallest absolute Gasteiger partial charge is 0.319 e. The van der Waals surface area contributed by atoms with Gasteiger partial charge in [0.15, 0.2) is 0 Å². The Hall–Kier alpha value is -2.99. The number of urea groups is 1. The molecule has 1 N–H and O–H groups in total. The normalized spacial score (nSPS) is 21.1. The van der Waals surface area contributed by atoms with Gasteiger partial charge >= 0.3 is 6.03 Å². The molecule has 1 aliphatic carbocycles. The van der Waals surface area contributed by atoms with E-state index in [0.717, 1.165) is 40.2 Å². The van der Waals surface area contributed by atoms with Gasteiger partial charge in [-0.25, -0.2) is 9.78 Å². The molecule has 28 heavy (non-hydrogen) atoms. The van der Waals surface area contributed by atoms with Gasteiger partial charge in [-0.3, -0.25) is 9.69 Å². The summed E-state index contributed by atoms with van der Waals surface area (Å²) in [4.78, 5) is 32.0. The van der Waals surface area contributed by atoms with E-state index in [9.17, 15) is 9.59 Å². The third-order valence-electron chi connectivity index (χ3n) is 5.54. The molecule has 0 radical (unpaired) electrons. The molecule has 2 heterocycles. The number of rotatable bonds is 3. The lowest BCUT2D eigenvalue weighted by Gasteiger charge is -2.33. The van der Waals surface area contributed by atoms with Crippen LogP contribution in [0, 0.1) is 0 Å². The second-order valence-corrected chi connectivity index (χ2v) is 8.11. The lowest BCUT2D eigenvalue weighted by atomic mass is 9.76. The number of nitrogens with zero attached hydrogens (tertiary/aromatic N) is 2. The predicted octanol–water partition coefficient (Wildman–Crippen LogP) is 4.09. The third kappa shape index (κ3) is 2.64. The molecule has 1 fully saturated rings. The number of aromatic nitrogens is 1. The van der Waals surface area contributed by atoms with E-state index in [-0.39, 0.29) is 18.5 Å². The van der Waals surface area contributed by atoms with Crippen LogP contribution in [0.5, 0.6) is 0 Å². The zero-order valence-corrected chi connectivity index (χ0v) is 16.0. The van der Waals surface area contributed by atoms with Gasteiger partial charge in [-0.05, 0) is 30.4 Å². The van der Waals surface area contributed by atoms with Crippen molar-refractivity contribution >= 4 is 23.3 Å². The van der Waals surface area contributed by atoms with Gasteiger partial charge in [0.05, 0.1) is 12.2 Å². The van der Waals surface area contributed by atoms with Crippen LogP contribution in [-0.2, 0) is 23.3 Å². The van der Waals surface area contributed by atoms with Crippen LogP contribution in [0.3, 0.4) is 0 Å². The second kappa shape index (κ2) is 6.56. The van der Waals surface area contributed by atoms with Crippen molar-refractivity contribution in [2.45, 2.75) is 31.3 Å². The van der Waals surface area contributed by atoms with Crippen LogP contribution in [0.15, 0.2) is 60.0 Å². The number of carbonyl (C=O) groups is 2. The average molecular weight is 389 g/mol. The topological polar surface area (TPSA) is 62.3 Å². The molecular weight excluding hydrogens is 370 g/mol. The molecule has 1 atom stereocenters. The summed E-state index contributed by atoms with van der Waals surface area (Å²) in [6, 6.07) is 17.5. The first-order valence-corrected chi connectivity index (χ1v) is 10.3. The van der Waals surface area contributed by atoms with Crippen molar-refractivity contribution in [3.05, 3.63) is 76.8 Å². The summed E-state index contributed by atoms with van der Waals surface area (Å²) in [5.41, 5.74) is 2.92. The number of carbonyl (C=O) groups excluding carboxylic acids is 2. The maximum absolute atomic E-state index is 13.4. The molecule has 1 saturated heterocycles. The summed E-state index contributed by atoms with van der Waals surface area (Å²) in [6.45, 7) is 0.192. The zero-order valence-electron chi connectivity index (χ0n) is 15.2. The largest absolute Gasteiger partial charge is 0.325 e. The van der Waals surface area contributed by atoms with Crippen LogP contribution >= 0.6 is 11.3 Å². The van der Waals surface area contributed by atoms with Crippen molar-refractivity contribution in [3.8, 4) is 10.6 Å². The molecule has 6 heteroatoms. The number of hydrogen-bond donors (Lipinski definition) is 1. The highest BCUT2D eigenvalue weighted by Crippen LogP contribution is 2.40. The fourth-order valence-electron chi connectivity index (χ4n) is 4.21. The molecule has 5 nitrogen and oxygen atoms in total. The number of aryl methyl sites for hydroxylation is 1. The minimum atomic E-state index is -0.926. The van der Waals surface area contributed by atoms with Gasteiger partial charge in [0.1, 0.15) is 10.5 Å². The van der Waals surface area contributed by atoms with Crippen LogP contribution in [0.4, 0.5) is 4.79 Å². The molecule has 2 aliphatic rings. The Morgan fingerprint density at radius 3 is 2.71 bits per heavy atom. The molecule has 1 unspecified atom stereocenters. The minimum absolute atomic E-state index is 0.168. The summed E-state index contributed by atoms with van der Waals surface area (Å²) in [5.74, 6) is -0.168. The number of nitrogens with one attached hydrogen (secondary N) is 1. The Bertz CT molecular complexity index is 1060. The quantitative estimate of drug-likeness (QED) is 0.686. The van der Waals surface area contributed by atoms with E-state index in [4.69, 9.17) is 0 Å². The molecule has 3 amide bonds. The highest BCUT2D eigenvalue weighted by atomic mass is 32.1. The maximum atomic E-state index is 13.4. The monoisotopic (exact) mass is 389 g/mol. The number of thiazole rings is 1. The Kier molecular flexibility index (Phi) is 4.02. The zero-order chi connectivity index (χ0) is 19.1. The first kappa shape index (κ1) is 17.1. The van der Waals surface area contributed by atoms with Gasteiger partial charge in [0.25, 0.3) is 5.91 Å². The molecule has 0 bridgehead atoms. The molecule has 1 aliphatic heterocycles. The van der Waals surface area contributed by atoms with E-state index < -0.39 is 5.54 Å². The molecule has 2 aromatic carbocycles. The maximum Gasteiger partial charge on any atom is 0.325 e. The van der Waals surface area contributed by atoms with E-state index in [1.807, 2.05) is 60.0 Å². The fraction of sp³-hybridized carbons (Fsp3) is 0.227. The van der Waals surface area contributed by atoms with Crippen LogP contribution in [-0.4, -0.2) is 21.8 Å². The first-order chi connectivity index (χ1) is 13.7. The molecule has 1 aromatic heterocycles. The summed E-state index contributed by atoms with van der Waals surface area (Å²) in [5, 5.41) is 5.81. The molecule has 5 rings (SSSR count). The Morgan fingerprint density at radius 1 is 1.07 bits per heavy atom. The molecule has 140 valence electrons. The van der Waals surface area contributed by atoms with Crippen molar-refractivity contribution in [1.29, 1.82) is 0 Å². The summed E-state index contributed by atoms with van der Waals surface area (Å²) in [6.07, 6.45) is 2.46. The summed E-state index contributed by atoms with van der Waals surface area (Å²) >= 11 is 1.52. The minimum Gasteiger partial charge on any atom is -0.319 e. The molecule has 3 aromatic rings.